The fraction of sp³-hybridized carbons (Fsp3) is 0.417. The Morgan fingerprint density at radius 3 is 2.72 bits per heavy atom. The largest absolute Gasteiger partial charge is 0.465 e. The Bertz CT molecular complexity index is 459. The highest BCUT2D eigenvalue weighted by atomic mass is 16.6. The summed E-state index contributed by atoms with van der Waals surface area (Å²) in [5.41, 5.74) is 1.23. The van der Waals surface area contributed by atoms with Crippen molar-refractivity contribution in [3.8, 4) is 0 Å². The summed E-state index contributed by atoms with van der Waals surface area (Å²) in [4.78, 5) is 23.4. The van der Waals surface area contributed by atoms with Crippen molar-refractivity contribution in [3.63, 3.8) is 0 Å². The standard InChI is InChI=1S/C12H16N2O4/c1-4-18-12(15)8-13(3)10-6-5-7-11(9(10)2)14(16)17/h5-7H,4,8H2,1-3H3. The predicted octanol–water partition coefficient (Wildman–Crippen LogP) is 1.90. The molecule has 0 N–H and O–H groups in total. The number of esters is 1. The molecule has 0 atom stereocenters. The average Bonchev–Trinajstić information content (AvgIpc) is 2.28. The second-order valence-electron chi connectivity index (χ2n) is 3.84. The lowest BCUT2D eigenvalue weighted by Crippen LogP contribution is -2.27. The van der Waals surface area contributed by atoms with Gasteiger partial charge in [-0.05, 0) is 19.9 Å². The predicted molar refractivity (Wildman–Crippen MR) is 67.7 cm³/mol. The third-order valence-electron chi connectivity index (χ3n) is 2.56. The van der Waals surface area contributed by atoms with Gasteiger partial charge < -0.3 is 9.64 Å². The summed E-state index contributed by atoms with van der Waals surface area (Å²) < 4.78 is 4.84. The second kappa shape index (κ2) is 6.00. The summed E-state index contributed by atoms with van der Waals surface area (Å²) >= 11 is 0. The minimum Gasteiger partial charge on any atom is -0.465 e. The van der Waals surface area contributed by atoms with Gasteiger partial charge in [-0.2, -0.15) is 0 Å². The molecule has 1 aromatic carbocycles. The number of nitro groups is 1. The maximum absolute atomic E-state index is 11.4. The van der Waals surface area contributed by atoms with E-state index in [0.29, 0.717) is 17.9 Å². The number of likely N-dealkylation sites (N-methyl/N-ethyl adjacent to an activating group) is 1. The number of nitrogens with zero attached hydrogens (tertiary/aromatic N) is 2. The van der Waals surface area contributed by atoms with Crippen molar-refractivity contribution in [1.29, 1.82) is 0 Å². The lowest BCUT2D eigenvalue weighted by Gasteiger charge is -2.20. The van der Waals surface area contributed by atoms with E-state index in [0.717, 1.165) is 0 Å². The number of carbonyl (C=O) groups is 1. The normalized spacial score (nSPS) is 9.94. The van der Waals surface area contributed by atoms with Crippen LogP contribution in [0.3, 0.4) is 0 Å². The molecule has 0 aromatic heterocycles. The van der Waals surface area contributed by atoms with Crippen molar-refractivity contribution >= 4 is 17.3 Å². The van der Waals surface area contributed by atoms with Gasteiger partial charge in [0.15, 0.2) is 0 Å². The Labute approximate surface area is 105 Å². The molecule has 0 aliphatic carbocycles. The molecule has 0 saturated carbocycles. The zero-order valence-corrected chi connectivity index (χ0v) is 10.7. The van der Waals surface area contributed by atoms with Crippen LogP contribution < -0.4 is 4.90 Å². The van der Waals surface area contributed by atoms with Crippen LogP contribution in [0, 0.1) is 17.0 Å². The van der Waals surface area contributed by atoms with Crippen LogP contribution in [0.5, 0.6) is 0 Å². The van der Waals surface area contributed by atoms with Crippen molar-refractivity contribution in [2.45, 2.75) is 13.8 Å². The van der Waals surface area contributed by atoms with Crippen molar-refractivity contribution in [1.82, 2.24) is 0 Å². The Morgan fingerprint density at radius 1 is 1.50 bits per heavy atom. The highest BCUT2D eigenvalue weighted by Gasteiger charge is 2.17. The van der Waals surface area contributed by atoms with Gasteiger partial charge in [0.25, 0.3) is 5.69 Å². The molecular formula is C12H16N2O4. The van der Waals surface area contributed by atoms with Crippen molar-refractivity contribution in [3.05, 3.63) is 33.9 Å². The SMILES string of the molecule is CCOC(=O)CN(C)c1cccc([N+](=O)[O-])c1C. The van der Waals surface area contributed by atoms with Crippen LogP contribution in [-0.2, 0) is 9.53 Å². The van der Waals surface area contributed by atoms with Crippen molar-refractivity contribution in [2.75, 3.05) is 25.1 Å². The van der Waals surface area contributed by atoms with E-state index in [1.54, 1.807) is 37.9 Å². The third-order valence-corrected chi connectivity index (χ3v) is 2.56. The van der Waals surface area contributed by atoms with Gasteiger partial charge in [0.2, 0.25) is 0 Å². The minimum absolute atomic E-state index is 0.0446. The number of carbonyl (C=O) groups excluding carboxylic acids is 1. The van der Waals surface area contributed by atoms with Crippen LogP contribution in [-0.4, -0.2) is 31.1 Å². The molecule has 0 fully saturated rings. The van der Waals surface area contributed by atoms with E-state index < -0.39 is 4.92 Å². The van der Waals surface area contributed by atoms with Gasteiger partial charge in [-0.25, -0.2) is 0 Å². The summed E-state index contributed by atoms with van der Waals surface area (Å²) in [5.74, 6) is -0.356. The average molecular weight is 252 g/mol. The van der Waals surface area contributed by atoms with Gasteiger partial charge in [0, 0.05) is 18.8 Å². The summed E-state index contributed by atoms with van der Waals surface area (Å²) in [7, 11) is 1.70. The summed E-state index contributed by atoms with van der Waals surface area (Å²) in [5, 5.41) is 10.8. The van der Waals surface area contributed by atoms with E-state index in [1.807, 2.05) is 0 Å². The number of rotatable bonds is 5. The van der Waals surface area contributed by atoms with E-state index >= 15 is 0 Å². The Balaban J connectivity index is 2.92. The maximum Gasteiger partial charge on any atom is 0.325 e. The fourth-order valence-electron chi connectivity index (χ4n) is 1.71. The highest BCUT2D eigenvalue weighted by molar-refractivity contribution is 5.76. The number of anilines is 1. The second-order valence-corrected chi connectivity index (χ2v) is 3.84. The molecule has 0 saturated heterocycles. The number of hydrogen-bond donors (Lipinski definition) is 0. The molecule has 0 aliphatic heterocycles. The molecule has 0 unspecified atom stereocenters. The molecule has 6 nitrogen and oxygen atoms in total. The topological polar surface area (TPSA) is 72.7 Å². The lowest BCUT2D eigenvalue weighted by atomic mass is 10.1. The molecule has 1 rings (SSSR count). The van der Waals surface area contributed by atoms with Gasteiger partial charge in [-0.3, -0.25) is 14.9 Å². The molecule has 0 spiro atoms. The first-order chi connectivity index (χ1) is 8.47. The zero-order chi connectivity index (χ0) is 13.7. The molecule has 18 heavy (non-hydrogen) atoms. The van der Waals surface area contributed by atoms with Crippen molar-refractivity contribution in [2.24, 2.45) is 0 Å². The lowest BCUT2D eigenvalue weighted by molar-refractivity contribution is -0.385. The summed E-state index contributed by atoms with van der Waals surface area (Å²) in [6.07, 6.45) is 0. The molecule has 0 bridgehead atoms. The minimum atomic E-state index is -0.433. The molecule has 6 heteroatoms. The smallest absolute Gasteiger partial charge is 0.325 e. The Hall–Kier alpha value is -2.11. The molecule has 0 aliphatic rings. The van der Waals surface area contributed by atoms with E-state index in [-0.39, 0.29) is 18.2 Å². The van der Waals surface area contributed by atoms with Crippen LogP contribution in [0.15, 0.2) is 18.2 Å². The highest BCUT2D eigenvalue weighted by Crippen LogP contribution is 2.27. The van der Waals surface area contributed by atoms with Crippen LogP contribution in [0.25, 0.3) is 0 Å². The van der Waals surface area contributed by atoms with Crippen LogP contribution >= 0.6 is 0 Å². The molecule has 0 heterocycles. The fourth-order valence-corrected chi connectivity index (χ4v) is 1.71. The van der Waals surface area contributed by atoms with Crippen LogP contribution in [0.1, 0.15) is 12.5 Å². The van der Waals surface area contributed by atoms with Gasteiger partial charge in [0.1, 0.15) is 6.54 Å². The number of nitro benzene ring substituents is 1. The van der Waals surface area contributed by atoms with Crippen LogP contribution in [0.4, 0.5) is 11.4 Å². The van der Waals surface area contributed by atoms with E-state index in [1.165, 1.54) is 6.07 Å². The Kier molecular flexibility index (Phi) is 4.65. The van der Waals surface area contributed by atoms with Crippen LogP contribution in [0.2, 0.25) is 0 Å². The number of ether oxygens (including phenoxy) is 1. The molecule has 0 amide bonds. The first kappa shape index (κ1) is 14.0. The quantitative estimate of drug-likeness (QED) is 0.454. The zero-order valence-electron chi connectivity index (χ0n) is 10.7. The van der Waals surface area contributed by atoms with E-state index in [9.17, 15) is 14.9 Å². The van der Waals surface area contributed by atoms with E-state index in [4.69, 9.17) is 4.74 Å². The Morgan fingerprint density at radius 2 is 2.17 bits per heavy atom. The first-order valence-electron chi connectivity index (χ1n) is 5.58. The number of hydrogen-bond acceptors (Lipinski definition) is 5. The van der Waals surface area contributed by atoms with Gasteiger partial charge in [-0.15, -0.1) is 0 Å². The molecule has 1 aromatic rings. The molecular weight excluding hydrogens is 236 g/mol. The van der Waals surface area contributed by atoms with Crippen molar-refractivity contribution < 1.29 is 14.5 Å². The van der Waals surface area contributed by atoms with Gasteiger partial charge >= 0.3 is 5.97 Å². The monoisotopic (exact) mass is 252 g/mol. The summed E-state index contributed by atoms with van der Waals surface area (Å²) in [6, 6.07) is 4.78. The maximum atomic E-state index is 11.4. The number of benzene rings is 1. The van der Waals surface area contributed by atoms with Gasteiger partial charge in [-0.1, -0.05) is 6.07 Å². The first-order valence-corrected chi connectivity index (χ1v) is 5.58. The molecule has 98 valence electrons. The van der Waals surface area contributed by atoms with Gasteiger partial charge in [0.05, 0.1) is 17.1 Å². The summed E-state index contributed by atoms with van der Waals surface area (Å²) in [6.45, 7) is 3.78. The van der Waals surface area contributed by atoms with E-state index in [2.05, 4.69) is 0 Å². The third kappa shape index (κ3) is 3.19. The molecule has 0 radical (unpaired) electrons.